The van der Waals surface area contributed by atoms with E-state index in [1.807, 2.05) is 0 Å². The lowest BCUT2D eigenvalue weighted by atomic mass is 10.00. The highest BCUT2D eigenvalue weighted by atomic mass is 32.2. The summed E-state index contributed by atoms with van der Waals surface area (Å²) in [6.45, 7) is 4.53. The summed E-state index contributed by atoms with van der Waals surface area (Å²) < 4.78 is 25.7. The minimum atomic E-state index is -2.99. The van der Waals surface area contributed by atoms with Crippen molar-refractivity contribution in [3.05, 3.63) is 0 Å². The predicted octanol–water partition coefficient (Wildman–Crippen LogP) is 0.800. The van der Waals surface area contributed by atoms with Crippen molar-refractivity contribution in [2.75, 3.05) is 25.4 Å². The molecule has 1 N–H and O–H groups in total. The Labute approximate surface area is 98.4 Å². The fraction of sp³-hybridized carbons (Fsp3) is 1.00. The van der Waals surface area contributed by atoms with Crippen molar-refractivity contribution in [2.24, 2.45) is 5.92 Å². The molecule has 1 unspecified atom stereocenters. The first kappa shape index (κ1) is 12.3. The maximum Gasteiger partial charge on any atom is 0.214 e. The van der Waals surface area contributed by atoms with Crippen LogP contribution in [0.3, 0.4) is 0 Å². The van der Waals surface area contributed by atoms with E-state index in [0.717, 1.165) is 38.9 Å². The van der Waals surface area contributed by atoms with E-state index < -0.39 is 10.0 Å². The van der Waals surface area contributed by atoms with Crippen molar-refractivity contribution in [3.63, 3.8) is 0 Å². The van der Waals surface area contributed by atoms with Crippen LogP contribution in [0.1, 0.15) is 32.6 Å². The highest BCUT2D eigenvalue weighted by Gasteiger charge is 2.37. The van der Waals surface area contributed by atoms with Gasteiger partial charge in [-0.2, -0.15) is 4.31 Å². The van der Waals surface area contributed by atoms with Crippen molar-refractivity contribution in [1.82, 2.24) is 9.62 Å². The van der Waals surface area contributed by atoms with Crippen LogP contribution in [0, 0.1) is 5.92 Å². The van der Waals surface area contributed by atoms with Crippen LogP contribution in [0.15, 0.2) is 0 Å². The van der Waals surface area contributed by atoms with Gasteiger partial charge in [0.05, 0.1) is 5.75 Å². The number of rotatable bonds is 5. The number of hydrogen-bond acceptors (Lipinski definition) is 3. The normalized spacial score (nSPS) is 27.2. The molecule has 4 nitrogen and oxygen atoms in total. The van der Waals surface area contributed by atoms with Gasteiger partial charge in [0.25, 0.3) is 0 Å². The summed E-state index contributed by atoms with van der Waals surface area (Å²) in [5.74, 6) is 0.750. The van der Waals surface area contributed by atoms with Gasteiger partial charge in [-0.15, -0.1) is 0 Å². The van der Waals surface area contributed by atoms with Crippen LogP contribution in [0.2, 0.25) is 0 Å². The summed E-state index contributed by atoms with van der Waals surface area (Å²) >= 11 is 0. The first-order valence-electron chi connectivity index (χ1n) is 6.33. The Morgan fingerprint density at radius 3 is 2.56 bits per heavy atom. The fourth-order valence-corrected chi connectivity index (χ4v) is 3.79. The van der Waals surface area contributed by atoms with Gasteiger partial charge in [-0.05, 0) is 51.6 Å². The molecule has 0 amide bonds. The monoisotopic (exact) mass is 246 g/mol. The first-order chi connectivity index (χ1) is 7.63. The van der Waals surface area contributed by atoms with Crippen molar-refractivity contribution in [3.8, 4) is 0 Å². The van der Waals surface area contributed by atoms with E-state index in [0.29, 0.717) is 12.0 Å². The number of sulfonamides is 1. The molecule has 0 bridgehead atoms. The molecule has 1 aliphatic heterocycles. The van der Waals surface area contributed by atoms with Crippen molar-refractivity contribution >= 4 is 10.0 Å². The standard InChI is InChI=1S/C11H22N2O2S/c1-2-16(14,15)13(11-5-6-11)9-10-4-3-7-12-8-10/h10-12H,2-9H2,1H3. The van der Waals surface area contributed by atoms with Gasteiger partial charge in [0, 0.05) is 12.6 Å². The number of hydrogen-bond donors (Lipinski definition) is 1. The summed E-state index contributed by atoms with van der Waals surface area (Å²) in [7, 11) is -2.99. The molecule has 0 aromatic heterocycles. The summed E-state index contributed by atoms with van der Waals surface area (Å²) in [4.78, 5) is 0. The zero-order valence-electron chi connectivity index (χ0n) is 9.98. The van der Waals surface area contributed by atoms with Gasteiger partial charge < -0.3 is 5.32 Å². The fourth-order valence-electron chi connectivity index (χ4n) is 2.35. The Kier molecular flexibility index (Phi) is 3.87. The van der Waals surface area contributed by atoms with E-state index in [4.69, 9.17) is 0 Å². The molecule has 0 radical (unpaired) electrons. The lowest BCUT2D eigenvalue weighted by Gasteiger charge is -2.29. The van der Waals surface area contributed by atoms with Crippen molar-refractivity contribution < 1.29 is 8.42 Å². The highest BCUT2D eigenvalue weighted by molar-refractivity contribution is 7.89. The minimum Gasteiger partial charge on any atom is -0.316 e. The Hall–Kier alpha value is -0.130. The minimum absolute atomic E-state index is 0.240. The van der Waals surface area contributed by atoms with Crippen molar-refractivity contribution in [2.45, 2.75) is 38.6 Å². The zero-order valence-corrected chi connectivity index (χ0v) is 10.8. The molecule has 2 aliphatic rings. The molecule has 1 aliphatic carbocycles. The molecule has 0 spiro atoms. The molecule has 1 saturated heterocycles. The van der Waals surface area contributed by atoms with Crippen LogP contribution in [-0.4, -0.2) is 44.2 Å². The van der Waals surface area contributed by atoms with E-state index in [2.05, 4.69) is 5.32 Å². The maximum atomic E-state index is 12.0. The van der Waals surface area contributed by atoms with Gasteiger partial charge in [-0.1, -0.05) is 0 Å². The molecule has 1 atom stereocenters. The van der Waals surface area contributed by atoms with E-state index in [1.54, 1.807) is 11.2 Å². The first-order valence-corrected chi connectivity index (χ1v) is 7.94. The molecular formula is C11H22N2O2S. The Balaban J connectivity index is 1.97. The summed E-state index contributed by atoms with van der Waals surface area (Å²) in [5.41, 5.74) is 0. The molecule has 2 rings (SSSR count). The second-order valence-corrected chi connectivity index (χ2v) is 7.12. The van der Waals surface area contributed by atoms with Crippen LogP contribution in [0.5, 0.6) is 0 Å². The van der Waals surface area contributed by atoms with E-state index >= 15 is 0 Å². The molecule has 94 valence electrons. The molecule has 5 heteroatoms. The summed E-state index contributed by atoms with van der Waals surface area (Å²) in [6, 6.07) is 0.312. The average Bonchev–Trinajstić information content (AvgIpc) is 3.11. The molecular weight excluding hydrogens is 224 g/mol. The largest absolute Gasteiger partial charge is 0.316 e. The third-order valence-corrected chi connectivity index (χ3v) is 5.40. The van der Waals surface area contributed by atoms with Crippen LogP contribution < -0.4 is 5.32 Å². The van der Waals surface area contributed by atoms with Gasteiger partial charge in [0.15, 0.2) is 0 Å². The molecule has 16 heavy (non-hydrogen) atoms. The van der Waals surface area contributed by atoms with Crippen LogP contribution in [0.25, 0.3) is 0 Å². The van der Waals surface area contributed by atoms with Gasteiger partial charge in [0.2, 0.25) is 10.0 Å². The summed E-state index contributed by atoms with van der Waals surface area (Å²) in [5, 5.41) is 3.35. The lowest BCUT2D eigenvalue weighted by Crippen LogP contribution is -2.42. The van der Waals surface area contributed by atoms with E-state index in [-0.39, 0.29) is 5.75 Å². The number of nitrogens with zero attached hydrogens (tertiary/aromatic N) is 1. The molecule has 2 fully saturated rings. The lowest BCUT2D eigenvalue weighted by molar-refractivity contribution is 0.287. The third-order valence-electron chi connectivity index (χ3n) is 3.51. The van der Waals surface area contributed by atoms with Gasteiger partial charge in [-0.3, -0.25) is 0 Å². The number of nitrogens with one attached hydrogen (secondary N) is 1. The topological polar surface area (TPSA) is 49.4 Å². The maximum absolute atomic E-state index is 12.0. The van der Waals surface area contributed by atoms with Crippen LogP contribution in [-0.2, 0) is 10.0 Å². The van der Waals surface area contributed by atoms with Crippen LogP contribution in [0.4, 0.5) is 0 Å². The Bertz CT molecular complexity index is 319. The average molecular weight is 246 g/mol. The van der Waals surface area contributed by atoms with E-state index in [9.17, 15) is 8.42 Å². The van der Waals surface area contributed by atoms with Crippen molar-refractivity contribution in [1.29, 1.82) is 0 Å². The molecule has 1 heterocycles. The van der Waals surface area contributed by atoms with Gasteiger partial charge in [0.1, 0.15) is 0 Å². The third kappa shape index (κ3) is 2.96. The smallest absolute Gasteiger partial charge is 0.214 e. The highest BCUT2D eigenvalue weighted by Crippen LogP contribution is 2.31. The zero-order chi connectivity index (χ0) is 11.6. The second-order valence-electron chi connectivity index (χ2n) is 4.91. The summed E-state index contributed by atoms with van der Waals surface area (Å²) in [6.07, 6.45) is 4.45. The molecule has 0 aromatic rings. The SMILES string of the molecule is CCS(=O)(=O)N(CC1CCCNC1)C1CC1. The van der Waals surface area contributed by atoms with Gasteiger partial charge >= 0.3 is 0 Å². The van der Waals surface area contributed by atoms with Gasteiger partial charge in [-0.25, -0.2) is 8.42 Å². The second kappa shape index (κ2) is 5.02. The van der Waals surface area contributed by atoms with Crippen LogP contribution >= 0.6 is 0 Å². The number of piperidine rings is 1. The van der Waals surface area contributed by atoms with E-state index in [1.165, 1.54) is 6.42 Å². The Morgan fingerprint density at radius 1 is 1.31 bits per heavy atom. The quantitative estimate of drug-likeness (QED) is 0.780. The molecule has 1 saturated carbocycles. The Morgan fingerprint density at radius 2 is 2.06 bits per heavy atom. The predicted molar refractivity (Wildman–Crippen MR) is 64.8 cm³/mol. The molecule has 0 aromatic carbocycles.